The molecule has 1 heterocycles. The number of carbonyl (C=O) groups excluding carboxylic acids is 1. The second kappa shape index (κ2) is 8.13. The number of aliphatic hydroxyl groups excluding tert-OH is 1. The number of aryl methyl sites for hydroxylation is 2. The summed E-state index contributed by atoms with van der Waals surface area (Å²) in [6, 6.07) is 6.73. The minimum absolute atomic E-state index is 0.0446. The number of piperidine rings is 1. The molecule has 1 fully saturated rings. The number of benzene rings is 1. The molecule has 2 atom stereocenters. The van der Waals surface area contributed by atoms with Crippen molar-refractivity contribution in [2.45, 2.75) is 51.5 Å². The highest BCUT2D eigenvalue weighted by Crippen LogP contribution is 2.24. The van der Waals surface area contributed by atoms with E-state index in [-0.39, 0.29) is 18.6 Å². The molecule has 4 nitrogen and oxygen atoms in total. The summed E-state index contributed by atoms with van der Waals surface area (Å²) < 4.78 is 0. The van der Waals surface area contributed by atoms with E-state index in [0.717, 1.165) is 25.9 Å². The van der Waals surface area contributed by atoms with Crippen LogP contribution in [0.1, 0.15) is 55.3 Å². The van der Waals surface area contributed by atoms with Crippen molar-refractivity contribution >= 4 is 5.91 Å². The maximum absolute atomic E-state index is 12.4. The van der Waals surface area contributed by atoms with Crippen LogP contribution in [0.2, 0.25) is 0 Å². The van der Waals surface area contributed by atoms with Crippen LogP contribution in [-0.2, 0) is 17.6 Å². The molecule has 24 heavy (non-hydrogen) atoms. The van der Waals surface area contributed by atoms with Crippen LogP contribution in [0.5, 0.6) is 0 Å². The number of carbonyl (C=O) groups is 1. The van der Waals surface area contributed by atoms with Crippen molar-refractivity contribution in [3.05, 3.63) is 34.9 Å². The number of aliphatic hydroxyl groups is 1. The molecule has 132 valence electrons. The topological polar surface area (TPSA) is 52.6 Å². The third-order valence-corrected chi connectivity index (χ3v) is 5.48. The Morgan fingerprint density at radius 3 is 2.88 bits per heavy atom. The van der Waals surface area contributed by atoms with Crippen LogP contribution in [0.4, 0.5) is 0 Å². The molecular weight excluding hydrogens is 300 g/mol. The number of rotatable bonds is 5. The number of nitrogens with one attached hydrogen (secondary N) is 1. The lowest BCUT2D eigenvalue weighted by molar-refractivity contribution is -0.123. The summed E-state index contributed by atoms with van der Waals surface area (Å²) in [7, 11) is 0. The molecule has 3 rings (SSSR count). The molecule has 2 aliphatic rings. The van der Waals surface area contributed by atoms with E-state index in [1.165, 1.54) is 42.4 Å². The van der Waals surface area contributed by atoms with Crippen LogP contribution >= 0.6 is 0 Å². The molecule has 1 saturated heterocycles. The summed E-state index contributed by atoms with van der Waals surface area (Å²) in [5.74, 6) is 0.406. The first kappa shape index (κ1) is 17.4. The zero-order valence-corrected chi connectivity index (χ0v) is 14.8. The Morgan fingerprint density at radius 1 is 1.29 bits per heavy atom. The number of likely N-dealkylation sites (tertiary alicyclic amines) is 1. The normalized spacial score (nSPS) is 22.7. The van der Waals surface area contributed by atoms with Crippen LogP contribution in [0, 0.1) is 5.92 Å². The van der Waals surface area contributed by atoms with Crippen molar-refractivity contribution in [1.82, 2.24) is 10.2 Å². The molecule has 0 saturated carbocycles. The third-order valence-electron chi connectivity index (χ3n) is 5.48. The monoisotopic (exact) mass is 330 g/mol. The lowest BCUT2D eigenvalue weighted by atomic mass is 9.89. The zero-order chi connectivity index (χ0) is 16.9. The van der Waals surface area contributed by atoms with E-state index in [4.69, 9.17) is 0 Å². The van der Waals surface area contributed by atoms with Gasteiger partial charge in [-0.15, -0.1) is 0 Å². The Balaban J connectivity index is 1.54. The van der Waals surface area contributed by atoms with E-state index in [1.807, 2.05) is 0 Å². The molecule has 2 unspecified atom stereocenters. The summed E-state index contributed by atoms with van der Waals surface area (Å²) in [5, 5.41) is 12.4. The van der Waals surface area contributed by atoms with Crippen molar-refractivity contribution in [3.63, 3.8) is 0 Å². The fourth-order valence-corrected chi connectivity index (χ4v) is 4.04. The van der Waals surface area contributed by atoms with E-state index in [0.29, 0.717) is 12.5 Å². The highest BCUT2D eigenvalue weighted by Gasteiger charge is 2.22. The maximum atomic E-state index is 12.4. The van der Waals surface area contributed by atoms with Crippen molar-refractivity contribution in [3.8, 4) is 0 Å². The van der Waals surface area contributed by atoms with E-state index in [9.17, 15) is 9.90 Å². The van der Waals surface area contributed by atoms with Crippen molar-refractivity contribution in [2.24, 2.45) is 5.92 Å². The Labute approximate surface area is 145 Å². The van der Waals surface area contributed by atoms with Gasteiger partial charge in [0.2, 0.25) is 5.91 Å². The van der Waals surface area contributed by atoms with Gasteiger partial charge in [0.1, 0.15) is 0 Å². The SMILES string of the molecule is CC(NC(=O)CN1CCCC(CO)C1)c1ccc2c(c1)CCCC2. The number of amides is 1. The average molecular weight is 330 g/mol. The fourth-order valence-electron chi connectivity index (χ4n) is 4.04. The van der Waals surface area contributed by atoms with Gasteiger partial charge in [-0.05, 0) is 74.6 Å². The first-order chi connectivity index (χ1) is 11.7. The van der Waals surface area contributed by atoms with E-state index >= 15 is 0 Å². The smallest absolute Gasteiger partial charge is 0.234 e. The summed E-state index contributed by atoms with van der Waals surface area (Å²) in [4.78, 5) is 14.5. The molecular formula is C20H30N2O2. The molecule has 0 bridgehead atoms. The molecule has 1 aliphatic carbocycles. The van der Waals surface area contributed by atoms with E-state index in [1.54, 1.807) is 0 Å². The zero-order valence-electron chi connectivity index (χ0n) is 14.8. The molecule has 1 aromatic carbocycles. The lowest BCUT2D eigenvalue weighted by Crippen LogP contribution is -2.43. The van der Waals surface area contributed by atoms with Crippen LogP contribution in [0.3, 0.4) is 0 Å². The molecule has 0 spiro atoms. The summed E-state index contributed by atoms with van der Waals surface area (Å²) in [6.45, 7) is 4.51. The van der Waals surface area contributed by atoms with Gasteiger partial charge >= 0.3 is 0 Å². The lowest BCUT2D eigenvalue weighted by Gasteiger charge is -2.31. The minimum atomic E-state index is 0.0446. The molecule has 1 aromatic rings. The van der Waals surface area contributed by atoms with Crippen LogP contribution < -0.4 is 5.32 Å². The van der Waals surface area contributed by atoms with Gasteiger partial charge in [0, 0.05) is 13.2 Å². The van der Waals surface area contributed by atoms with E-state index in [2.05, 4.69) is 35.3 Å². The molecule has 1 aliphatic heterocycles. The largest absolute Gasteiger partial charge is 0.396 e. The fraction of sp³-hybridized carbons (Fsp3) is 0.650. The molecule has 0 radical (unpaired) electrons. The Bertz CT molecular complexity index is 573. The summed E-state index contributed by atoms with van der Waals surface area (Å²) >= 11 is 0. The predicted octanol–water partition coefficient (Wildman–Crippen LogP) is 2.45. The van der Waals surface area contributed by atoms with Gasteiger partial charge in [0.25, 0.3) is 0 Å². The van der Waals surface area contributed by atoms with Gasteiger partial charge in [0.05, 0.1) is 12.6 Å². The van der Waals surface area contributed by atoms with Gasteiger partial charge < -0.3 is 10.4 Å². The predicted molar refractivity (Wildman–Crippen MR) is 95.9 cm³/mol. The third kappa shape index (κ3) is 4.37. The standard InChI is InChI=1S/C20H30N2O2/c1-15(18-9-8-17-6-2-3-7-19(17)11-18)21-20(24)13-22-10-4-5-16(12-22)14-23/h8-9,11,15-16,23H,2-7,10,12-14H2,1H3,(H,21,24). The molecule has 4 heteroatoms. The van der Waals surface area contributed by atoms with Gasteiger partial charge in [-0.25, -0.2) is 0 Å². The minimum Gasteiger partial charge on any atom is -0.396 e. The highest BCUT2D eigenvalue weighted by molar-refractivity contribution is 5.78. The first-order valence-electron chi connectivity index (χ1n) is 9.40. The summed E-state index contributed by atoms with van der Waals surface area (Å²) in [5.41, 5.74) is 4.14. The average Bonchev–Trinajstić information content (AvgIpc) is 2.61. The number of hydrogen-bond acceptors (Lipinski definition) is 3. The van der Waals surface area contributed by atoms with Gasteiger partial charge in [0.15, 0.2) is 0 Å². The Morgan fingerprint density at radius 2 is 2.08 bits per heavy atom. The summed E-state index contributed by atoms with van der Waals surface area (Å²) in [6.07, 6.45) is 7.07. The van der Waals surface area contributed by atoms with Crippen molar-refractivity contribution in [2.75, 3.05) is 26.2 Å². The molecule has 0 aromatic heterocycles. The van der Waals surface area contributed by atoms with Gasteiger partial charge in [-0.2, -0.15) is 0 Å². The second-order valence-electron chi connectivity index (χ2n) is 7.45. The molecule has 1 amide bonds. The van der Waals surface area contributed by atoms with E-state index < -0.39 is 0 Å². The molecule has 2 N–H and O–H groups in total. The van der Waals surface area contributed by atoms with Crippen molar-refractivity contribution < 1.29 is 9.90 Å². The Kier molecular flexibility index (Phi) is 5.90. The van der Waals surface area contributed by atoms with Crippen LogP contribution in [-0.4, -0.2) is 42.2 Å². The first-order valence-corrected chi connectivity index (χ1v) is 9.40. The number of nitrogens with zero attached hydrogens (tertiary/aromatic N) is 1. The van der Waals surface area contributed by atoms with Gasteiger partial charge in [-0.1, -0.05) is 18.2 Å². The van der Waals surface area contributed by atoms with Crippen LogP contribution in [0.15, 0.2) is 18.2 Å². The highest BCUT2D eigenvalue weighted by atomic mass is 16.3. The number of hydrogen-bond donors (Lipinski definition) is 2. The van der Waals surface area contributed by atoms with Gasteiger partial charge in [-0.3, -0.25) is 9.69 Å². The maximum Gasteiger partial charge on any atom is 0.234 e. The van der Waals surface area contributed by atoms with Crippen molar-refractivity contribution in [1.29, 1.82) is 0 Å². The quantitative estimate of drug-likeness (QED) is 0.872. The van der Waals surface area contributed by atoms with Crippen LogP contribution in [0.25, 0.3) is 0 Å². The Hall–Kier alpha value is -1.39. The second-order valence-corrected chi connectivity index (χ2v) is 7.45. The number of fused-ring (bicyclic) bond motifs is 1.